The van der Waals surface area contributed by atoms with Crippen LogP contribution in [0.15, 0.2) is 47.7 Å². The van der Waals surface area contributed by atoms with E-state index in [1.165, 1.54) is 13.2 Å². The molecule has 1 saturated heterocycles. The van der Waals surface area contributed by atoms with Gasteiger partial charge in [-0.3, -0.25) is 4.79 Å². The molecule has 2 aliphatic heterocycles. The Hall–Kier alpha value is -3.29. The lowest BCUT2D eigenvalue weighted by molar-refractivity contribution is -0.138. The number of hydrazone groups is 1. The van der Waals surface area contributed by atoms with Crippen molar-refractivity contribution in [2.24, 2.45) is 11.0 Å². The minimum Gasteiger partial charge on any atom is -0.464 e. The molecule has 4 rings (SSSR count). The summed E-state index contributed by atoms with van der Waals surface area (Å²) in [5.74, 6) is -0.0225. The van der Waals surface area contributed by atoms with Gasteiger partial charge in [-0.25, -0.2) is 19.8 Å². The number of amides is 1. The molecule has 1 atom stereocenters. The number of anilines is 1. The molecule has 8 heteroatoms. The van der Waals surface area contributed by atoms with Gasteiger partial charge in [0, 0.05) is 37.8 Å². The average Bonchev–Trinajstić information content (AvgIpc) is 3.29. The van der Waals surface area contributed by atoms with Gasteiger partial charge < -0.3 is 9.64 Å². The van der Waals surface area contributed by atoms with Gasteiger partial charge in [0.2, 0.25) is 11.9 Å². The number of rotatable bonds is 4. The first-order valence-corrected chi connectivity index (χ1v) is 9.74. The van der Waals surface area contributed by atoms with Crippen molar-refractivity contribution < 1.29 is 14.3 Å². The summed E-state index contributed by atoms with van der Waals surface area (Å²) in [5, 5.41) is 6.00. The summed E-state index contributed by atoms with van der Waals surface area (Å²) in [6.45, 7) is 1.29. The van der Waals surface area contributed by atoms with Gasteiger partial charge in [0.15, 0.2) is 5.69 Å². The van der Waals surface area contributed by atoms with E-state index < -0.39 is 5.97 Å². The zero-order valence-electron chi connectivity index (χ0n) is 16.3. The Bertz CT molecular complexity index is 910. The third kappa shape index (κ3) is 3.96. The maximum Gasteiger partial charge on any atom is 0.356 e. The molecule has 0 saturated carbocycles. The third-order valence-corrected chi connectivity index (χ3v) is 5.40. The zero-order chi connectivity index (χ0) is 20.2. The maximum atomic E-state index is 13.1. The number of carbonyl (C=O) groups excluding carboxylic acids is 2. The Morgan fingerprint density at radius 1 is 1.10 bits per heavy atom. The molecule has 0 spiro atoms. The molecule has 0 radical (unpaired) electrons. The number of hydrogen-bond donors (Lipinski definition) is 0. The molecule has 0 N–H and O–H groups in total. The van der Waals surface area contributed by atoms with Gasteiger partial charge in [-0.2, -0.15) is 5.10 Å². The number of benzene rings is 1. The highest BCUT2D eigenvalue weighted by Gasteiger charge is 2.35. The number of methoxy groups -OCH3 is 1. The van der Waals surface area contributed by atoms with Gasteiger partial charge in [0.25, 0.3) is 0 Å². The van der Waals surface area contributed by atoms with Gasteiger partial charge in [0.1, 0.15) is 0 Å². The summed E-state index contributed by atoms with van der Waals surface area (Å²) in [5.41, 5.74) is 1.33. The first-order valence-electron chi connectivity index (χ1n) is 9.74. The van der Waals surface area contributed by atoms with Crippen molar-refractivity contribution in [1.82, 2.24) is 15.0 Å². The second-order valence-corrected chi connectivity index (χ2v) is 7.14. The van der Waals surface area contributed by atoms with Crippen molar-refractivity contribution in [1.29, 1.82) is 0 Å². The molecule has 0 bridgehead atoms. The van der Waals surface area contributed by atoms with E-state index in [0.717, 1.165) is 12.0 Å². The van der Waals surface area contributed by atoms with Crippen molar-refractivity contribution in [3.63, 3.8) is 0 Å². The Balaban J connectivity index is 1.40. The van der Waals surface area contributed by atoms with Crippen LogP contribution in [0.25, 0.3) is 0 Å². The van der Waals surface area contributed by atoms with Crippen LogP contribution in [0.2, 0.25) is 0 Å². The van der Waals surface area contributed by atoms with Crippen LogP contribution in [0.1, 0.15) is 41.4 Å². The average molecular weight is 393 g/mol. The highest BCUT2D eigenvalue weighted by Crippen LogP contribution is 2.32. The largest absolute Gasteiger partial charge is 0.464 e. The fourth-order valence-electron chi connectivity index (χ4n) is 3.81. The number of esters is 1. The molecular formula is C21H23N5O3. The van der Waals surface area contributed by atoms with Gasteiger partial charge in [-0.15, -0.1) is 0 Å². The van der Waals surface area contributed by atoms with E-state index in [9.17, 15) is 9.59 Å². The topological polar surface area (TPSA) is 88.0 Å². The number of piperidine rings is 1. The molecule has 0 aliphatic carbocycles. The van der Waals surface area contributed by atoms with Crippen molar-refractivity contribution in [3.8, 4) is 0 Å². The quantitative estimate of drug-likeness (QED) is 0.742. The molecule has 1 fully saturated rings. The molecule has 2 aromatic rings. The predicted molar refractivity (Wildman–Crippen MR) is 107 cm³/mol. The van der Waals surface area contributed by atoms with Gasteiger partial charge in [-0.05, 0) is 24.5 Å². The molecule has 1 aromatic heterocycles. The zero-order valence-corrected chi connectivity index (χ0v) is 16.3. The lowest BCUT2D eigenvalue weighted by Gasteiger charge is -2.33. The number of carbonyl (C=O) groups is 2. The monoisotopic (exact) mass is 393 g/mol. The van der Waals surface area contributed by atoms with Crippen LogP contribution >= 0.6 is 0 Å². The Kier molecular flexibility index (Phi) is 5.50. The SMILES string of the molecule is COC(=O)c1ccnc(N2CCC(C(=O)N3N=CC[C@H]3c3ccccc3)CC2)n1. The second kappa shape index (κ2) is 8.38. The van der Waals surface area contributed by atoms with Crippen molar-refractivity contribution >= 4 is 24.0 Å². The van der Waals surface area contributed by atoms with Crippen LogP contribution in [0.3, 0.4) is 0 Å². The summed E-state index contributed by atoms with van der Waals surface area (Å²) in [6.07, 6.45) is 5.49. The predicted octanol–water partition coefficient (Wildman–Crippen LogP) is 2.44. The van der Waals surface area contributed by atoms with Crippen LogP contribution in [-0.4, -0.2) is 53.3 Å². The second-order valence-electron chi connectivity index (χ2n) is 7.14. The van der Waals surface area contributed by atoms with Crippen molar-refractivity contribution in [2.45, 2.75) is 25.3 Å². The van der Waals surface area contributed by atoms with Crippen LogP contribution in [0, 0.1) is 5.92 Å². The van der Waals surface area contributed by atoms with E-state index in [0.29, 0.717) is 31.9 Å². The number of aromatic nitrogens is 2. The molecule has 2 aliphatic rings. The van der Waals surface area contributed by atoms with Gasteiger partial charge in [0.05, 0.1) is 13.2 Å². The smallest absolute Gasteiger partial charge is 0.356 e. The first-order chi connectivity index (χ1) is 14.2. The lowest BCUT2D eigenvalue weighted by Crippen LogP contribution is -2.41. The summed E-state index contributed by atoms with van der Waals surface area (Å²) in [7, 11) is 1.32. The molecule has 1 aromatic carbocycles. The third-order valence-electron chi connectivity index (χ3n) is 5.40. The van der Waals surface area contributed by atoms with Crippen LogP contribution in [-0.2, 0) is 9.53 Å². The minimum atomic E-state index is -0.488. The molecule has 3 heterocycles. The Labute approximate surface area is 169 Å². The molecule has 29 heavy (non-hydrogen) atoms. The van der Waals surface area contributed by atoms with Crippen LogP contribution in [0.4, 0.5) is 5.95 Å². The normalized spacial score (nSPS) is 19.4. The minimum absolute atomic E-state index is 0.0261. The van der Waals surface area contributed by atoms with E-state index in [2.05, 4.69) is 15.1 Å². The van der Waals surface area contributed by atoms with Crippen LogP contribution in [0.5, 0.6) is 0 Å². The maximum absolute atomic E-state index is 13.1. The Morgan fingerprint density at radius 2 is 1.86 bits per heavy atom. The fraction of sp³-hybridized carbons (Fsp3) is 0.381. The molecule has 8 nitrogen and oxygen atoms in total. The fourth-order valence-corrected chi connectivity index (χ4v) is 3.81. The van der Waals surface area contributed by atoms with E-state index in [4.69, 9.17) is 4.74 Å². The van der Waals surface area contributed by atoms with E-state index in [1.807, 2.05) is 41.4 Å². The molecule has 0 unspecified atom stereocenters. The highest BCUT2D eigenvalue weighted by molar-refractivity contribution is 5.87. The number of hydrogen-bond acceptors (Lipinski definition) is 7. The van der Waals surface area contributed by atoms with E-state index in [1.54, 1.807) is 11.2 Å². The number of ether oxygens (including phenoxy) is 1. The summed E-state index contributed by atoms with van der Waals surface area (Å²) >= 11 is 0. The molecular weight excluding hydrogens is 370 g/mol. The van der Waals surface area contributed by atoms with E-state index in [-0.39, 0.29) is 23.6 Å². The number of nitrogens with zero attached hydrogens (tertiary/aromatic N) is 5. The summed E-state index contributed by atoms with van der Waals surface area (Å²) in [4.78, 5) is 35.4. The van der Waals surface area contributed by atoms with Crippen molar-refractivity contribution in [2.75, 3.05) is 25.1 Å². The summed E-state index contributed by atoms with van der Waals surface area (Å²) in [6, 6.07) is 11.5. The summed E-state index contributed by atoms with van der Waals surface area (Å²) < 4.78 is 4.72. The Morgan fingerprint density at radius 3 is 2.59 bits per heavy atom. The molecule has 150 valence electrons. The first kappa shape index (κ1) is 19.0. The van der Waals surface area contributed by atoms with Gasteiger partial charge in [-0.1, -0.05) is 30.3 Å². The lowest BCUT2D eigenvalue weighted by atomic mass is 9.94. The van der Waals surface area contributed by atoms with Gasteiger partial charge >= 0.3 is 5.97 Å². The van der Waals surface area contributed by atoms with Crippen LogP contribution < -0.4 is 4.90 Å². The standard InChI is InChI=1S/C21H23N5O3/c1-29-20(28)17-7-11-22-21(24-17)25-13-9-16(10-14-25)19(27)26-18(8-12-23-26)15-5-3-2-4-6-15/h2-7,11-12,16,18H,8-10,13-14H2,1H3/t18-/m0/s1. The van der Waals surface area contributed by atoms with E-state index >= 15 is 0 Å². The molecule has 1 amide bonds. The highest BCUT2D eigenvalue weighted by atomic mass is 16.5. The van der Waals surface area contributed by atoms with Crippen molar-refractivity contribution in [3.05, 3.63) is 53.9 Å².